The first-order valence-electron chi connectivity index (χ1n) is 6.25. The number of pyridine rings is 1. The molecule has 21 heavy (non-hydrogen) atoms. The summed E-state index contributed by atoms with van der Waals surface area (Å²) in [5.74, 6) is -1.66. The van der Waals surface area contributed by atoms with E-state index in [1.54, 1.807) is 12.1 Å². The molecule has 7 nitrogen and oxygen atoms in total. The van der Waals surface area contributed by atoms with Crippen LogP contribution in [0.1, 0.15) is 22.5 Å². The number of aromatic nitrogens is 1. The highest BCUT2D eigenvalue weighted by molar-refractivity contribution is 7.91. The minimum Gasteiger partial charge on any atom is -0.478 e. The number of hydrogen-bond donors (Lipinski definition) is 2. The number of carboxylic acids is 1. The first-order valence-corrected chi connectivity index (χ1v) is 8.07. The molecule has 1 fully saturated rings. The van der Waals surface area contributed by atoms with Crippen molar-refractivity contribution in [2.75, 3.05) is 11.5 Å². The fraction of sp³-hybridized carbons (Fsp3) is 0.308. The normalized spacial score (nSPS) is 20.5. The van der Waals surface area contributed by atoms with Gasteiger partial charge in [-0.1, -0.05) is 6.07 Å². The Kier molecular flexibility index (Phi) is 4.37. The lowest BCUT2D eigenvalue weighted by Crippen LogP contribution is -2.36. The van der Waals surface area contributed by atoms with Crippen LogP contribution < -0.4 is 5.32 Å². The maximum Gasteiger partial charge on any atom is 0.328 e. The zero-order valence-corrected chi connectivity index (χ0v) is 11.8. The fourth-order valence-corrected chi connectivity index (χ4v) is 3.74. The predicted molar refractivity (Wildman–Crippen MR) is 75.4 cm³/mol. The van der Waals surface area contributed by atoms with Crippen LogP contribution in [0.4, 0.5) is 0 Å². The molecule has 1 aromatic heterocycles. The molecule has 0 bridgehead atoms. The molecule has 112 valence electrons. The summed E-state index contributed by atoms with van der Waals surface area (Å²) in [6.07, 6.45) is 3.98. The standard InChI is InChI=1S/C13H14N2O5S/c16-11(17)4-3-9-2-1-6-14-12(9)13(18)15-10-5-7-21(19,20)8-10/h1-4,6,10H,5,7-8H2,(H,15,18)(H,16,17)/b4-3+. The molecule has 8 heteroatoms. The smallest absolute Gasteiger partial charge is 0.328 e. The average molecular weight is 310 g/mol. The van der Waals surface area contributed by atoms with Crippen LogP contribution in [0, 0.1) is 0 Å². The van der Waals surface area contributed by atoms with Crippen LogP contribution in [0.2, 0.25) is 0 Å². The first-order chi connectivity index (χ1) is 9.87. The lowest BCUT2D eigenvalue weighted by atomic mass is 10.1. The molecule has 1 saturated heterocycles. The van der Waals surface area contributed by atoms with E-state index in [2.05, 4.69) is 10.3 Å². The SMILES string of the molecule is O=C(O)/C=C/c1cccnc1C(=O)NC1CCS(=O)(=O)C1. The maximum absolute atomic E-state index is 12.1. The molecule has 1 aliphatic heterocycles. The molecule has 1 amide bonds. The molecular formula is C13H14N2O5S. The van der Waals surface area contributed by atoms with Gasteiger partial charge in [0.15, 0.2) is 9.84 Å². The minimum atomic E-state index is -3.08. The van der Waals surface area contributed by atoms with Crippen LogP contribution in [0.3, 0.4) is 0 Å². The van der Waals surface area contributed by atoms with E-state index in [0.717, 1.165) is 6.08 Å². The van der Waals surface area contributed by atoms with Crippen molar-refractivity contribution in [3.8, 4) is 0 Å². The molecule has 2 heterocycles. The Morgan fingerprint density at radius 1 is 1.43 bits per heavy atom. The second kappa shape index (κ2) is 6.04. The lowest BCUT2D eigenvalue weighted by molar-refractivity contribution is -0.131. The Balaban J connectivity index is 2.14. The Labute approximate surface area is 121 Å². The molecule has 0 radical (unpaired) electrons. The highest BCUT2D eigenvalue weighted by Crippen LogP contribution is 2.13. The van der Waals surface area contributed by atoms with Crippen LogP contribution in [0.5, 0.6) is 0 Å². The van der Waals surface area contributed by atoms with Crippen molar-refractivity contribution in [2.24, 2.45) is 0 Å². The first kappa shape index (κ1) is 15.2. The number of rotatable bonds is 4. The molecule has 1 atom stereocenters. The average Bonchev–Trinajstić information content (AvgIpc) is 2.75. The number of hydrogen-bond acceptors (Lipinski definition) is 5. The van der Waals surface area contributed by atoms with Gasteiger partial charge in [-0.3, -0.25) is 9.78 Å². The van der Waals surface area contributed by atoms with E-state index in [1.165, 1.54) is 12.3 Å². The third kappa shape index (κ3) is 4.12. The number of aliphatic carboxylic acids is 1. The number of nitrogens with one attached hydrogen (secondary N) is 1. The van der Waals surface area contributed by atoms with Crippen LogP contribution in [-0.4, -0.2) is 47.9 Å². The number of amides is 1. The van der Waals surface area contributed by atoms with Gasteiger partial charge >= 0.3 is 5.97 Å². The van der Waals surface area contributed by atoms with Gasteiger partial charge in [0.25, 0.3) is 5.91 Å². The van der Waals surface area contributed by atoms with Crippen molar-refractivity contribution in [1.29, 1.82) is 0 Å². The van der Waals surface area contributed by atoms with Gasteiger partial charge in [-0.15, -0.1) is 0 Å². The van der Waals surface area contributed by atoms with Gasteiger partial charge in [0.2, 0.25) is 0 Å². The molecular weight excluding hydrogens is 296 g/mol. The van der Waals surface area contributed by atoms with E-state index in [4.69, 9.17) is 5.11 Å². The maximum atomic E-state index is 12.1. The summed E-state index contributed by atoms with van der Waals surface area (Å²) in [6.45, 7) is 0. The van der Waals surface area contributed by atoms with Crippen LogP contribution in [-0.2, 0) is 14.6 Å². The lowest BCUT2D eigenvalue weighted by Gasteiger charge is -2.11. The third-order valence-electron chi connectivity index (χ3n) is 3.03. The number of carboxylic acid groups (broad SMARTS) is 1. The Morgan fingerprint density at radius 3 is 2.81 bits per heavy atom. The van der Waals surface area contributed by atoms with E-state index in [0.29, 0.717) is 12.0 Å². The quantitative estimate of drug-likeness (QED) is 0.762. The monoisotopic (exact) mass is 310 g/mol. The predicted octanol–water partition coefficient (Wildman–Crippen LogP) is 0.0963. The molecule has 1 aromatic rings. The Bertz CT molecular complexity index is 696. The summed E-state index contributed by atoms with van der Waals surface area (Å²) in [5.41, 5.74) is 0.428. The van der Waals surface area contributed by atoms with Crippen LogP contribution >= 0.6 is 0 Å². The molecule has 0 aromatic carbocycles. The van der Waals surface area contributed by atoms with Gasteiger partial charge in [-0.2, -0.15) is 0 Å². The van der Waals surface area contributed by atoms with E-state index < -0.39 is 27.8 Å². The number of carbonyl (C=O) groups excluding carboxylic acids is 1. The zero-order valence-electron chi connectivity index (χ0n) is 11.0. The number of sulfone groups is 1. The minimum absolute atomic E-state index is 0.0614. The van der Waals surface area contributed by atoms with Crippen molar-refractivity contribution < 1.29 is 23.1 Å². The summed E-state index contributed by atoms with van der Waals surface area (Å²) >= 11 is 0. The summed E-state index contributed by atoms with van der Waals surface area (Å²) < 4.78 is 22.7. The van der Waals surface area contributed by atoms with E-state index in [1.807, 2.05) is 0 Å². The Morgan fingerprint density at radius 2 is 2.19 bits per heavy atom. The number of nitrogens with zero attached hydrogens (tertiary/aromatic N) is 1. The highest BCUT2D eigenvalue weighted by atomic mass is 32.2. The van der Waals surface area contributed by atoms with Gasteiger partial charge in [0, 0.05) is 23.9 Å². The third-order valence-corrected chi connectivity index (χ3v) is 4.80. The summed E-state index contributed by atoms with van der Waals surface area (Å²) in [6, 6.07) is 2.71. The van der Waals surface area contributed by atoms with Crippen molar-refractivity contribution in [1.82, 2.24) is 10.3 Å². The van der Waals surface area contributed by atoms with Crippen LogP contribution in [0.25, 0.3) is 6.08 Å². The second-order valence-electron chi connectivity index (χ2n) is 4.69. The largest absolute Gasteiger partial charge is 0.478 e. The van der Waals surface area contributed by atoms with Gasteiger partial charge in [0.1, 0.15) is 5.69 Å². The van der Waals surface area contributed by atoms with Gasteiger partial charge in [-0.05, 0) is 18.6 Å². The van der Waals surface area contributed by atoms with Crippen LogP contribution in [0.15, 0.2) is 24.4 Å². The summed E-state index contributed by atoms with van der Waals surface area (Å²) in [4.78, 5) is 26.6. The molecule has 1 unspecified atom stereocenters. The van der Waals surface area contributed by atoms with Gasteiger partial charge in [0.05, 0.1) is 11.5 Å². The second-order valence-corrected chi connectivity index (χ2v) is 6.91. The fourth-order valence-electron chi connectivity index (χ4n) is 2.07. The van der Waals surface area contributed by atoms with E-state index >= 15 is 0 Å². The summed E-state index contributed by atoms with van der Waals surface area (Å²) in [7, 11) is -3.08. The van der Waals surface area contributed by atoms with Crippen molar-refractivity contribution in [2.45, 2.75) is 12.5 Å². The molecule has 0 spiro atoms. The summed E-state index contributed by atoms with van der Waals surface area (Å²) in [5, 5.41) is 11.2. The molecule has 0 aliphatic carbocycles. The molecule has 2 N–H and O–H groups in total. The zero-order chi connectivity index (χ0) is 15.5. The van der Waals surface area contributed by atoms with Crippen molar-refractivity contribution in [3.63, 3.8) is 0 Å². The van der Waals surface area contributed by atoms with Gasteiger partial charge in [-0.25, -0.2) is 13.2 Å². The molecule has 1 aliphatic rings. The topological polar surface area (TPSA) is 113 Å². The highest BCUT2D eigenvalue weighted by Gasteiger charge is 2.29. The van der Waals surface area contributed by atoms with E-state index in [9.17, 15) is 18.0 Å². The van der Waals surface area contributed by atoms with Crippen molar-refractivity contribution >= 4 is 27.8 Å². The molecule has 0 saturated carbocycles. The molecule has 2 rings (SSSR count). The van der Waals surface area contributed by atoms with Gasteiger partial charge < -0.3 is 10.4 Å². The Hall–Kier alpha value is -2.22. The van der Waals surface area contributed by atoms with Crippen molar-refractivity contribution in [3.05, 3.63) is 35.7 Å². The number of carbonyl (C=O) groups is 2. The van der Waals surface area contributed by atoms with E-state index in [-0.39, 0.29) is 17.2 Å².